The van der Waals surface area contributed by atoms with Gasteiger partial charge < -0.3 is 11.1 Å². The van der Waals surface area contributed by atoms with Crippen LogP contribution < -0.4 is 11.1 Å². The van der Waals surface area contributed by atoms with Gasteiger partial charge in [0.1, 0.15) is 0 Å². The summed E-state index contributed by atoms with van der Waals surface area (Å²) < 4.78 is 0. The number of carbonyl (C=O) groups is 1. The van der Waals surface area contributed by atoms with Crippen LogP contribution in [0.25, 0.3) is 0 Å². The average molecular weight is 252 g/mol. The van der Waals surface area contributed by atoms with Crippen molar-refractivity contribution in [1.29, 1.82) is 0 Å². The standard InChI is InChI=1S/C13H20N2OS/c1-10(9-14)7-8-13(16)15-11-5-3-4-6-12(11)17-2/h3-6,10H,7-9,14H2,1-2H3,(H,15,16). The van der Waals surface area contributed by atoms with Crippen molar-refractivity contribution in [3.05, 3.63) is 24.3 Å². The van der Waals surface area contributed by atoms with E-state index in [0.29, 0.717) is 18.9 Å². The number of nitrogens with two attached hydrogens (primary N) is 1. The van der Waals surface area contributed by atoms with Crippen LogP contribution in [0.5, 0.6) is 0 Å². The molecule has 0 heterocycles. The highest BCUT2D eigenvalue weighted by atomic mass is 32.2. The van der Waals surface area contributed by atoms with E-state index in [2.05, 4.69) is 12.2 Å². The molecule has 0 bridgehead atoms. The summed E-state index contributed by atoms with van der Waals surface area (Å²) in [6, 6.07) is 7.83. The van der Waals surface area contributed by atoms with Crippen molar-refractivity contribution in [2.75, 3.05) is 18.1 Å². The molecule has 4 heteroatoms. The molecule has 0 aliphatic carbocycles. The maximum Gasteiger partial charge on any atom is 0.224 e. The third-order valence-corrected chi connectivity index (χ3v) is 3.44. The lowest BCUT2D eigenvalue weighted by atomic mass is 10.1. The summed E-state index contributed by atoms with van der Waals surface area (Å²) >= 11 is 1.63. The molecule has 1 aromatic rings. The van der Waals surface area contributed by atoms with Gasteiger partial charge in [-0.25, -0.2) is 0 Å². The van der Waals surface area contributed by atoms with Crippen LogP contribution in [0.1, 0.15) is 19.8 Å². The lowest BCUT2D eigenvalue weighted by Gasteiger charge is -2.10. The summed E-state index contributed by atoms with van der Waals surface area (Å²) in [7, 11) is 0. The summed E-state index contributed by atoms with van der Waals surface area (Å²) in [6.45, 7) is 2.69. The number of nitrogens with one attached hydrogen (secondary N) is 1. The Morgan fingerprint density at radius 3 is 2.82 bits per heavy atom. The number of rotatable bonds is 6. The van der Waals surface area contributed by atoms with E-state index in [-0.39, 0.29) is 5.91 Å². The Morgan fingerprint density at radius 1 is 1.47 bits per heavy atom. The van der Waals surface area contributed by atoms with Crippen LogP contribution in [0.4, 0.5) is 5.69 Å². The van der Waals surface area contributed by atoms with Crippen LogP contribution in [0.15, 0.2) is 29.2 Å². The number of hydrogen-bond donors (Lipinski definition) is 2. The summed E-state index contributed by atoms with van der Waals surface area (Å²) in [4.78, 5) is 12.8. The molecule has 3 N–H and O–H groups in total. The van der Waals surface area contributed by atoms with E-state index in [0.717, 1.165) is 17.0 Å². The lowest BCUT2D eigenvalue weighted by molar-refractivity contribution is -0.116. The highest BCUT2D eigenvalue weighted by molar-refractivity contribution is 7.98. The van der Waals surface area contributed by atoms with Gasteiger partial charge in [0.05, 0.1) is 5.69 Å². The molecule has 1 amide bonds. The molecule has 94 valence electrons. The Morgan fingerprint density at radius 2 is 2.18 bits per heavy atom. The molecular weight excluding hydrogens is 232 g/mol. The smallest absolute Gasteiger partial charge is 0.224 e. The molecule has 0 aromatic heterocycles. The van der Waals surface area contributed by atoms with Crippen molar-refractivity contribution < 1.29 is 4.79 Å². The van der Waals surface area contributed by atoms with Gasteiger partial charge in [-0.15, -0.1) is 11.8 Å². The van der Waals surface area contributed by atoms with Crippen LogP contribution in [-0.2, 0) is 4.79 Å². The van der Waals surface area contributed by atoms with Gasteiger partial charge in [0.15, 0.2) is 0 Å². The third kappa shape index (κ3) is 4.79. The van der Waals surface area contributed by atoms with Crippen molar-refractivity contribution in [2.24, 2.45) is 11.7 Å². The predicted octanol–water partition coefficient (Wildman–Crippen LogP) is 2.72. The van der Waals surface area contributed by atoms with Crippen LogP contribution in [-0.4, -0.2) is 18.7 Å². The quantitative estimate of drug-likeness (QED) is 0.765. The maximum absolute atomic E-state index is 11.7. The van der Waals surface area contributed by atoms with Gasteiger partial charge in [-0.2, -0.15) is 0 Å². The summed E-state index contributed by atoms with van der Waals surface area (Å²) in [5, 5.41) is 2.94. The molecule has 0 spiro atoms. The van der Waals surface area contributed by atoms with E-state index in [1.807, 2.05) is 30.5 Å². The maximum atomic E-state index is 11.7. The largest absolute Gasteiger partial charge is 0.330 e. The molecule has 0 radical (unpaired) electrons. The highest BCUT2D eigenvalue weighted by Gasteiger charge is 2.07. The topological polar surface area (TPSA) is 55.1 Å². The first-order chi connectivity index (χ1) is 8.17. The van der Waals surface area contributed by atoms with Gasteiger partial charge in [-0.1, -0.05) is 19.1 Å². The van der Waals surface area contributed by atoms with Gasteiger partial charge >= 0.3 is 0 Å². The lowest BCUT2D eigenvalue weighted by Crippen LogP contribution is -2.16. The Hall–Kier alpha value is -1.00. The minimum Gasteiger partial charge on any atom is -0.330 e. The van der Waals surface area contributed by atoms with E-state index in [9.17, 15) is 4.79 Å². The summed E-state index contributed by atoms with van der Waals surface area (Å²) in [6.07, 6.45) is 3.37. The minimum absolute atomic E-state index is 0.0619. The highest BCUT2D eigenvalue weighted by Crippen LogP contribution is 2.24. The second-order valence-corrected chi connectivity index (χ2v) is 4.98. The van der Waals surface area contributed by atoms with Gasteiger partial charge in [0.25, 0.3) is 0 Å². The first-order valence-corrected chi connectivity index (χ1v) is 7.02. The van der Waals surface area contributed by atoms with Crippen LogP contribution in [0, 0.1) is 5.92 Å². The van der Waals surface area contributed by atoms with Crippen molar-refractivity contribution in [3.8, 4) is 0 Å². The van der Waals surface area contributed by atoms with Crippen molar-refractivity contribution in [2.45, 2.75) is 24.7 Å². The summed E-state index contributed by atoms with van der Waals surface area (Å²) in [5.41, 5.74) is 6.42. The van der Waals surface area contributed by atoms with Gasteiger partial charge in [0, 0.05) is 11.3 Å². The zero-order valence-electron chi connectivity index (χ0n) is 10.4. The second-order valence-electron chi connectivity index (χ2n) is 4.13. The van der Waals surface area contributed by atoms with E-state index in [4.69, 9.17) is 5.73 Å². The van der Waals surface area contributed by atoms with Gasteiger partial charge in [-0.3, -0.25) is 4.79 Å². The monoisotopic (exact) mass is 252 g/mol. The molecule has 0 saturated heterocycles. The van der Waals surface area contributed by atoms with E-state index < -0.39 is 0 Å². The van der Waals surface area contributed by atoms with Crippen LogP contribution in [0.3, 0.4) is 0 Å². The zero-order valence-corrected chi connectivity index (χ0v) is 11.2. The fraction of sp³-hybridized carbons (Fsp3) is 0.462. The number of para-hydroxylation sites is 1. The molecule has 0 saturated carbocycles. The Labute approximate surface area is 107 Å². The van der Waals surface area contributed by atoms with Crippen LogP contribution >= 0.6 is 11.8 Å². The fourth-order valence-electron chi connectivity index (χ4n) is 1.46. The molecule has 3 nitrogen and oxygen atoms in total. The number of carbonyl (C=O) groups excluding carboxylic acids is 1. The molecule has 0 aliphatic heterocycles. The number of thioether (sulfide) groups is 1. The molecule has 17 heavy (non-hydrogen) atoms. The Balaban J connectivity index is 2.50. The fourth-order valence-corrected chi connectivity index (χ4v) is 2.01. The van der Waals surface area contributed by atoms with Crippen molar-refractivity contribution >= 4 is 23.4 Å². The normalized spacial score (nSPS) is 12.2. The van der Waals surface area contributed by atoms with Crippen molar-refractivity contribution in [3.63, 3.8) is 0 Å². The zero-order chi connectivity index (χ0) is 12.7. The van der Waals surface area contributed by atoms with Gasteiger partial charge in [0.2, 0.25) is 5.91 Å². The molecular formula is C13H20N2OS. The SMILES string of the molecule is CSc1ccccc1NC(=O)CCC(C)CN. The van der Waals surface area contributed by atoms with Gasteiger partial charge in [-0.05, 0) is 37.3 Å². The number of anilines is 1. The molecule has 0 fully saturated rings. The van der Waals surface area contributed by atoms with Crippen LogP contribution in [0.2, 0.25) is 0 Å². The number of amides is 1. The predicted molar refractivity (Wildman–Crippen MR) is 74.3 cm³/mol. The Bertz CT molecular complexity index is 368. The van der Waals surface area contributed by atoms with E-state index in [1.165, 1.54) is 0 Å². The first kappa shape index (κ1) is 14.1. The third-order valence-electron chi connectivity index (χ3n) is 2.65. The Kier molecular flexibility index (Phi) is 6.08. The minimum atomic E-state index is 0.0619. The first-order valence-electron chi connectivity index (χ1n) is 5.80. The molecule has 1 aromatic carbocycles. The van der Waals surface area contributed by atoms with Crippen molar-refractivity contribution in [1.82, 2.24) is 0 Å². The second kappa shape index (κ2) is 7.35. The molecule has 0 aliphatic rings. The number of benzene rings is 1. The summed E-state index contributed by atoms with van der Waals surface area (Å²) in [5.74, 6) is 0.461. The molecule has 1 rings (SSSR count). The number of hydrogen-bond acceptors (Lipinski definition) is 3. The molecule has 1 atom stereocenters. The average Bonchev–Trinajstić information content (AvgIpc) is 2.36. The molecule has 1 unspecified atom stereocenters. The van der Waals surface area contributed by atoms with E-state index in [1.54, 1.807) is 11.8 Å². The van der Waals surface area contributed by atoms with E-state index >= 15 is 0 Å².